The van der Waals surface area contributed by atoms with Crippen LogP contribution in [0.5, 0.6) is 0 Å². The number of nitrogens with zero attached hydrogens (tertiary/aromatic N) is 2. The Kier molecular flexibility index (Phi) is 3.72. The molecular formula is C15H28F2N2. The van der Waals surface area contributed by atoms with Crippen LogP contribution in [0.1, 0.15) is 47.5 Å². The zero-order chi connectivity index (χ0) is 14.5. The van der Waals surface area contributed by atoms with Crippen LogP contribution in [0.15, 0.2) is 0 Å². The van der Waals surface area contributed by atoms with Crippen molar-refractivity contribution in [3.8, 4) is 0 Å². The average molecular weight is 274 g/mol. The predicted octanol–water partition coefficient (Wildman–Crippen LogP) is 3.23. The second kappa shape index (κ2) is 4.66. The van der Waals surface area contributed by atoms with Crippen molar-refractivity contribution < 1.29 is 8.78 Å². The summed E-state index contributed by atoms with van der Waals surface area (Å²) in [7, 11) is 0. The van der Waals surface area contributed by atoms with Crippen LogP contribution in [-0.2, 0) is 0 Å². The van der Waals surface area contributed by atoms with Gasteiger partial charge in [-0.2, -0.15) is 0 Å². The molecule has 0 aromatic carbocycles. The summed E-state index contributed by atoms with van der Waals surface area (Å²) in [6.45, 7) is 13.1. The van der Waals surface area contributed by atoms with Gasteiger partial charge in [-0.15, -0.1) is 0 Å². The summed E-state index contributed by atoms with van der Waals surface area (Å²) < 4.78 is 26.0. The second-order valence-electron chi connectivity index (χ2n) is 8.00. The normalized spacial score (nSPS) is 29.5. The van der Waals surface area contributed by atoms with E-state index in [1.807, 2.05) is 4.90 Å². The van der Waals surface area contributed by atoms with Crippen LogP contribution in [0, 0.1) is 5.92 Å². The molecule has 2 aliphatic heterocycles. The summed E-state index contributed by atoms with van der Waals surface area (Å²) in [5.41, 5.74) is 0.128. The molecule has 2 fully saturated rings. The summed E-state index contributed by atoms with van der Waals surface area (Å²) >= 11 is 0. The minimum absolute atomic E-state index is 0.0598. The smallest absolute Gasteiger partial charge is 0.272 e. The van der Waals surface area contributed by atoms with E-state index >= 15 is 0 Å². The van der Waals surface area contributed by atoms with Crippen LogP contribution in [0.4, 0.5) is 8.78 Å². The molecule has 0 saturated carbocycles. The molecule has 1 atom stereocenters. The van der Waals surface area contributed by atoms with E-state index in [0.29, 0.717) is 5.92 Å². The minimum atomic E-state index is -2.45. The van der Waals surface area contributed by atoms with Gasteiger partial charge < -0.3 is 0 Å². The molecule has 0 bridgehead atoms. The van der Waals surface area contributed by atoms with E-state index in [-0.39, 0.29) is 24.2 Å². The second-order valence-corrected chi connectivity index (χ2v) is 8.00. The molecule has 0 aromatic heterocycles. The van der Waals surface area contributed by atoms with Crippen LogP contribution >= 0.6 is 0 Å². The van der Waals surface area contributed by atoms with Crippen molar-refractivity contribution in [3.63, 3.8) is 0 Å². The van der Waals surface area contributed by atoms with Crippen molar-refractivity contribution in [3.05, 3.63) is 0 Å². The van der Waals surface area contributed by atoms with Gasteiger partial charge in [0.1, 0.15) is 0 Å². The third-order valence-electron chi connectivity index (χ3n) is 4.72. The predicted molar refractivity (Wildman–Crippen MR) is 74.6 cm³/mol. The lowest BCUT2D eigenvalue weighted by Crippen LogP contribution is -2.64. The highest BCUT2D eigenvalue weighted by molar-refractivity contribution is 4.98. The zero-order valence-electron chi connectivity index (χ0n) is 13.0. The molecule has 2 saturated heterocycles. The summed E-state index contributed by atoms with van der Waals surface area (Å²) in [6, 6.07) is 0. The number of rotatable bonds is 3. The minimum Gasteiger partial charge on any atom is -0.298 e. The fourth-order valence-electron chi connectivity index (χ4n) is 3.38. The monoisotopic (exact) mass is 274 g/mol. The molecule has 0 aliphatic carbocycles. The van der Waals surface area contributed by atoms with E-state index in [0.717, 1.165) is 19.5 Å². The average Bonchev–Trinajstić information content (AvgIpc) is 2.61. The molecule has 112 valence electrons. The van der Waals surface area contributed by atoms with Gasteiger partial charge in [-0.1, -0.05) is 0 Å². The van der Waals surface area contributed by atoms with Crippen molar-refractivity contribution in [2.45, 2.75) is 64.5 Å². The van der Waals surface area contributed by atoms with E-state index in [9.17, 15) is 8.78 Å². The van der Waals surface area contributed by atoms with Gasteiger partial charge in [0.25, 0.3) is 5.92 Å². The highest BCUT2D eigenvalue weighted by atomic mass is 19.3. The van der Waals surface area contributed by atoms with Crippen LogP contribution in [0.25, 0.3) is 0 Å². The fourth-order valence-corrected chi connectivity index (χ4v) is 3.38. The summed E-state index contributed by atoms with van der Waals surface area (Å²) in [4.78, 5) is 4.45. The number of alkyl halides is 2. The number of hydrogen-bond donors (Lipinski definition) is 0. The number of halogens is 2. The Morgan fingerprint density at radius 2 is 1.63 bits per heavy atom. The molecule has 2 aliphatic rings. The summed E-state index contributed by atoms with van der Waals surface area (Å²) in [5.74, 6) is -1.81. The Hall–Kier alpha value is -0.220. The molecule has 1 unspecified atom stereocenters. The third-order valence-corrected chi connectivity index (χ3v) is 4.72. The SMILES string of the molecule is CC(C)(C)N1CCC(CC(C)(C)N2CC(F)(F)C2)C1. The van der Waals surface area contributed by atoms with Gasteiger partial charge in [-0.05, 0) is 59.9 Å². The van der Waals surface area contributed by atoms with Crippen molar-refractivity contribution in [1.29, 1.82) is 0 Å². The Labute approximate surface area is 116 Å². The van der Waals surface area contributed by atoms with Gasteiger partial charge >= 0.3 is 0 Å². The lowest BCUT2D eigenvalue weighted by molar-refractivity contribution is -0.166. The maximum absolute atomic E-state index is 13.0. The Morgan fingerprint density at radius 3 is 2.05 bits per heavy atom. The first-order valence-electron chi connectivity index (χ1n) is 7.38. The first-order chi connectivity index (χ1) is 8.50. The lowest BCUT2D eigenvalue weighted by atomic mass is 9.85. The lowest BCUT2D eigenvalue weighted by Gasteiger charge is -2.49. The molecule has 0 aromatic rings. The molecule has 2 rings (SSSR count). The van der Waals surface area contributed by atoms with Gasteiger partial charge in [0, 0.05) is 17.6 Å². The van der Waals surface area contributed by atoms with Crippen LogP contribution in [0.3, 0.4) is 0 Å². The standard InChI is InChI=1S/C15H28F2N2/c1-13(2,3)18-7-6-12(9-18)8-14(4,5)19-10-15(16,17)11-19/h12H,6-11H2,1-5H3. The summed E-state index contributed by atoms with van der Waals surface area (Å²) in [5, 5.41) is 0. The van der Waals surface area contributed by atoms with Gasteiger partial charge in [0.15, 0.2) is 0 Å². The van der Waals surface area contributed by atoms with Crippen LogP contribution < -0.4 is 0 Å². The van der Waals surface area contributed by atoms with Crippen molar-refractivity contribution in [2.75, 3.05) is 26.2 Å². The van der Waals surface area contributed by atoms with Crippen molar-refractivity contribution in [2.24, 2.45) is 5.92 Å². The van der Waals surface area contributed by atoms with E-state index < -0.39 is 5.92 Å². The highest BCUT2D eigenvalue weighted by Crippen LogP contribution is 2.38. The van der Waals surface area contributed by atoms with Gasteiger partial charge in [0.05, 0.1) is 13.1 Å². The maximum Gasteiger partial charge on any atom is 0.272 e. The first-order valence-corrected chi connectivity index (χ1v) is 7.38. The van der Waals surface area contributed by atoms with E-state index in [1.54, 1.807) is 0 Å². The molecule has 0 radical (unpaired) electrons. The molecule has 0 N–H and O–H groups in total. The van der Waals surface area contributed by atoms with Gasteiger partial charge in [0.2, 0.25) is 0 Å². The number of hydrogen-bond acceptors (Lipinski definition) is 2. The molecule has 2 heterocycles. The molecule has 2 nitrogen and oxygen atoms in total. The topological polar surface area (TPSA) is 6.48 Å². The summed E-state index contributed by atoms with van der Waals surface area (Å²) in [6.07, 6.45) is 2.22. The zero-order valence-corrected chi connectivity index (χ0v) is 13.0. The van der Waals surface area contributed by atoms with Gasteiger partial charge in [-0.25, -0.2) is 8.78 Å². The van der Waals surface area contributed by atoms with Crippen LogP contribution in [0.2, 0.25) is 0 Å². The molecule has 0 amide bonds. The largest absolute Gasteiger partial charge is 0.298 e. The van der Waals surface area contributed by atoms with Crippen molar-refractivity contribution in [1.82, 2.24) is 9.80 Å². The third kappa shape index (κ3) is 3.46. The molecule has 0 spiro atoms. The number of likely N-dealkylation sites (tertiary alicyclic amines) is 2. The molecule has 19 heavy (non-hydrogen) atoms. The fraction of sp³-hybridized carbons (Fsp3) is 1.00. The quantitative estimate of drug-likeness (QED) is 0.779. The van der Waals surface area contributed by atoms with Crippen molar-refractivity contribution >= 4 is 0 Å². The highest BCUT2D eigenvalue weighted by Gasteiger charge is 2.50. The Balaban J connectivity index is 1.85. The Bertz CT molecular complexity index is 326. The van der Waals surface area contributed by atoms with Gasteiger partial charge in [-0.3, -0.25) is 9.80 Å². The maximum atomic E-state index is 13.0. The first kappa shape index (κ1) is 15.2. The molecular weight excluding hydrogens is 246 g/mol. The molecule has 4 heteroatoms. The van der Waals surface area contributed by atoms with Crippen LogP contribution in [-0.4, -0.2) is 53.0 Å². The van der Waals surface area contributed by atoms with E-state index in [2.05, 4.69) is 39.5 Å². The van der Waals surface area contributed by atoms with E-state index in [1.165, 1.54) is 6.42 Å². The Morgan fingerprint density at radius 1 is 1.05 bits per heavy atom. The van der Waals surface area contributed by atoms with E-state index in [4.69, 9.17) is 0 Å².